The van der Waals surface area contributed by atoms with Crippen molar-refractivity contribution in [2.45, 2.75) is 19.0 Å². The molecule has 22 heavy (non-hydrogen) atoms. The third-order valence-electron chi connectivity index (χ3n) is 3.31. The smallest absolute Gasteiger partial charge is 0.279 e. The van der Waals surface area contributed by atoms with Crippen molar-refractivity contribution in [1.29, 1.82) is 0 Å². The van der Waals surface area contributed by atoms with E-state index < -0.39 is 6.04 Å². The predicted molar refractivity (Wildman–Crippen MR) is 88.9 cm³/mol. The minimum atomic E-state index is -0.450. The summed E-state index contributed by atoms with van der Waals surface area (Å²) < 4.78 is 0. The molecule has 1 fully saturated rings. The minimum Gasteiger partial charge on any atom is -0.345 e. The van der Waals surface area contributed by atoms with Gasteiger partial charge in [0, 0.05) is 16.7 Å². The summed E-state index contributed by atoms with van der Waals surface area (Å²) in [6.07, 6.45) is 0. The first-order valence-electron chi connectivity index (χ1n) is 6.88. The number of thiazole rings is 1. The topological polar surface area (TPSA) is 71.1 Å². The van der Waals surface area contributed by atoms with Crippen molar-refractivity contribution >= 4 is 34.2 Å². The van der Waals surface area contributed by atoms with Gasteiger partial charge in [-0.2, -0.15) is 0 Å². The van der Waals surface area contributed by atoms with Gasteiger partial charge in [-0.05, 0) is 6.92 Å². The lowest BCUT2D eigenvalue weighted by atomic mass is 10.2. The SMILES string of the molecule is C[C@H](NC(=O)[C@H]1CSC(=O)N1)c1nc(-c2ccccc2)cs1. The molecule has 2 heterocycles. The van der Waals surface area contributed by atoms with Crippen LogP contribution >= 0.6 is 23.1 Å². The van der Waals surface area contributed by atoms with Crippen molar-refractivity contribution in [2.24, 2.45) is 0 Å². The van der Waals surface area contributed by atoms with Crippen molar-refractivity contribution in [3.05, 3.63) is 40.7 Å². The molecular weight excluding hydrogens is 318 g/mol. The van der Waals surface area contributed by atoms with Gasteiger partial charge in [-0.25, -0.2) is 4.98 Å². The van der Waals surface area contributed by atoms with E-state index in [1.807, 2.05) is 42.6 Å². The van der Waals surface area contributed by atoms with Gasteiger partial charge in [0.1, 0.15) is 11.0 Å². The maximum atomic E-state index is 12.1. The molecule has 1 saturated heterocycles. The van der Waals surface area contributed by atoms with Gasteiger partial charge >= 0.3 is 0 Å². The zero-order chi connectivity index (χ0) is 15.5. The molecule has 0 aliphatic carbocycles. The lowest BCUT2D eigenvalue weighted by Crippen LogP contribution is -2.43. The zero-order valence-corrected chi connectivity index (χ0v) is 13.5. The summed E-state index contributed by atoms with van der Waals surface area (Å²) in [6.45, 7) is 1.90. The molecule has 0 bridgehead atoms. The highest BCUT2D eigenvalue weighted by Gasteiger charge is 2.29. The monoisotopic (exact) mass is 333 g/mol. The van der Waals surface area contributed by atoms with Crippen molar-refractivity contribution in [2.75, 3.05) is 5.75 Å². The number of hydrogen-bond donors (Lipinski definition) is 2. The van der Waals surface area contributed by atoms with Gasteiger partial charge in [0.15, 0.2) is 0 Å². The zero-order valence-electron chi connectivity index (χ0n) is 11.9. The highest BCUT2D eigenvalue weighted by Crippen LogP contribution is 2.25. The van der Waals surface area contributed by atoms with Crippen LogP contribution in [-0.2, 0) is 4.79 Å². The maximum absolute atomic E-state index is 12.1. The van der Waals surface area contributed by atoms with Crippen LogP contribution in [0.2, 0.25) is 0 Å². The van der Waals surface area contributed by atoms with Crippen molar-refractivity contribution in [3.63, 3.8) is 0 Å². The fourth-order valence-corrected chi connectivity index (χ4v) is 3.74. The van der Waals surface area contributed by atoms with Crippen LogP contribution in [0.15, 0.2) is 35.7 Å². The molecule has 3 rings (SSSR count). The Balaban J connectivity index is 1.65. The van der Waals surface area contributed by atoms with Gasteiger partial charge in [0.25, 0.3) is 5.24 Å². The molecule has 2 amide bonds. The van der Waals surface area contributed by atoms with Crippen LogP contribution in [-0.4, -0.2) is 27.9 Å². The molecule has 0 radical (unpaired) electrons. The van der Waals surface area contributed by atoms with Gasteiger partial charge in [0.05, 0.1) is 11.7 Å². The predicted octanol–water partition coefficient (Wildman–Crippen LogP) is 2.81. The van der Waals surface area contributed by atoms with Crippen LogP contribution in [0, 0.1) is 0 Å². The molecule has 7 heteroatoms. The molecule has 2 N–H and O–H groups in total. The van der Waals surface area contributed by atoms with Gasteiger partial charge in [-0.15, -0.1) is 11.3 Å². The number of hydrogen-bond acceptors (Lipinski definition) is 5. The molecule has 1 aliphatic heterocycles. The van der Waals surface area contributed by atoms with E-state index in [9.17, 15) is 9.59 Å². The Hall–Kier alpha value is -1.86. The molecule has 1 aromatic heterocycles. The molecule has 5 nitrogen and oxygen atoms in total. The van der Waals surface area contributed by atoms with E-state index in [1.54, 1.807) is 0 Å². The Bertz CT molecular complexity index is 687. The summed E-state index contributed by atoms with van der Waals surface area (Å²) in [7, 11) is 0. The second kappa shape index (κ2) is 6.50. The molecule has 2 atom stereocenters. The van der Waals surface area contributed by atoms with Crippen LogP contribution in [0.3, 0.4) is 0 Å². The summed E-state index contributed by atoms with van der Waals surface area (Å²) in [6, 6.07) is 9.29. The number of amides is 2. The van der Waals surface area contributed by atoms with Gasteiger partial charge < -0.3 is 10.6 Å². The Morgan fingerprint density at radius 1 is 1.41 bits per heavy atom. The number of benzene rings is 1. The third kappa shape index (κ3) is 3.31. The van der Waals surface area contributed by atoms with Gasteiger partial charge in [-0.3, -0.25) is 9.59 Å². The summed E-state index contributed by atoms with van der Waals surface area (Å²) in [5.41, 5.74) is 1.97. The molecule has 1 aromatic carbocycles. The van der Waals surface area contributed by atoms with E-state index in [0.717, 1.165) is 28.0 Å². The Labute approximate surface area is 136 Å². The van der Waals surface area contributed by atoms with E-state index in [0.29, 0.717) is 5.75 Å². The van der Waals surface area contributed by atoms with Crippen LogP contribution < -0.4 is 10.6 Å². The van der Waals surface area contributed by atoms with Gasteiger partial charge in [0.2, 0.25) is 5.91 Å². The first-order valence-corrected chi connectivity index (χ1v) is 8.74. The molecule has 2 aromatic rings. The van der Waals surface area contributed by atoms with Crippen molar-refractivity contribution in [3.8, 4) is 11.3 Å². The molecule has 1 aliphatic rings. The fourth-order valence-electron chi connectivity index (χ4n) is 2.13. The van der Waals surface area contributed by atoms with Gasteiger partial charge in [-0.1, -0.05) is 42.1 Å². The number of carbonyl (C=O) groups excluding carboxylic acids is 2. The van der Waals surface area contributed by atoms with E-state index >= 15 is 0 Å². The molecule has 0 spiro atoms. The summed E-state index contributed by atoms with van der Waals surface area (Å²) >= 11 is 2.65. The van der Waals surface area contributed by atoms with Crippen molar-refractivity contribution < 1.29 is 9.59 Å². The van der Waals surface area contributed by atoms with Crippen LogP contribution in [0.25, 0.3) is 11.3 Å². The van der Waals surface area contributed by atoms with E-state index in [4.69, 9.17) is 0 Å². The van der Waals surface area contributed by atoms with E-state index in [1.165, 1.54) is 11.3 Å². The van der Waals surface area contributed by atoms with E-state index in [-0.39, 0.29) is 17.2 Å². The summed E-state index contributed by atoms with van der Waals surface area (Å²) in [4.78, 5) is 27.8. The Morgan fingerprint density at radius 2 is 2.18 bits per heavy atom. The highest BCUT2D eigenvalue weighted by molar-refractivity contribution is 8.14. The second-order valence-corrected chi connectivity index (χ2v) is 6.85. The van der Waals surface area contributed by atoms with E-state index in [2.05, 4.69) is 15.6 Å². The minimum absolute atomic E-state index is 0.145. The summed E-state index contributed by atoms with van der Waals surface area (Å²) in [5.74, 6) is 0.312. The number of aromatic nitrogens is 1. The average molecular weight is 333 g/mol. The number of nitrogens with zero attached hydrogens (tertiary/aromatic N) is 1. The molecule has 0 unspecified atom stereocenters. The number of nitrogens with one attached hydrogen (secondary N) is 2. The quantitative estimate of drug-likeness (QED) is 0.902. The van der Waals surface area contributed by atoms with Crippen LogP contribution in [0.5, 0.6) is 0 Å². The standard InChI is InChI=1S/C15H15N3O2S2/c1-9(16-13(19)12-8-22-15(20)18-12)14-17-11(7-21-14)10-5-3-2-4-6-10/h2-7,9,12H,8H2,1H3,(H,16,19)(H,18,20)/t9-,12+/m0/s1. The molecule has 0 saturated carbocycles. The largest absolute Gasteiger partial charge is 0.345 e. The first-order chi connectivity index (χ1) is 10.6. The lowest BCUT2D eigenvalue weighted by Gasteiger charge is -2.14. The highest BCUT2D eigenvalue weighted by atomic mass is 32.2. The Morgan fingerprint density at radius 3 is 2.86 bits per heavy atom. The second-order valence-electron chi connectivity index (χ2n) is 4.96. The first kappa shape index (κ1) is 15.1. The fraction of sp³-hybridized carbons (Fsp3) is 0.267. The number of rotatable bonds is 4. The average Bonchev–Trinajstić information content (AvgIpc) is 3.17. The lowest BCUT2D eigenvalue weighted by molar-refractivity contribution is -0.122. The van der Waals surface area contributed by atoms with Crippen molar-refractivity contribution in [1.82, 2.24) is 15.6 Å². The Kier molecular flexibility index (Phi) is 4.44. The molecule has 114 valence electrons. The number of carbonyl (C=O) groups is 2. The normalized spacial score (nSPS) is 18.8. The van der Waals surface area contributed by atoms with Crippen LogP contribution in [0.1, 0.15) is 18.0 Å². The third-order valence-corrected chi connectivity index (χ3v) is 5.22. The van der Waals surface area contributed by atoms with Crippen LogP contribution in [0.4, 0.5) is 4.79 Å². The summed E-state index contributed by atoms with van der Waals surface area (Å²) in [5, 5.41) is 8.23. The number of thioether (sulfide) groups is 1. The molecular formula is C15H15N3O2S2. The maximum Gasteiger partial charge on any atom is 0.279 e.